The molecule has 3 aliphatic rings. The van der Waals surface area contributed by atoms with Gasteiger partial charge in [0, 0.05) is 30.5 Å². The molecule has 2 fully saturated rings. The minimum absolute atomic E-state index is 0.231. The van der Waals surface area contributed by atoms with Crippen LogP contribution in [0.1, 0.15) is 25.8 Å². The van der Waals surface area contributed by atoms with E-state index in [0.717, 1.165) is 24.7 Å². The van der Waals surface area contributed by atoms with Gasteiger partial charge in [-0.25, -0.2) is 0 Å². The Kier molecular flexibility index (Phi) is 3.12. The average Bonchev–Trinajstić information content (AvgIpc) is 2.94. The van der Waals surface area contributed by atoms with Crippen molar-refractivity contribution in [2.75, 3.05) is 19.8 Å². The average molecular weight is 289 g/mol. The highest BCUT2D eigenvalue weighted by Gasteiger charge is 2.58. The quantitative estimate of drug-likeness (QED) is 0.927. The van der Waals surface area contributed by atoms with Gasteiger partial charge in [0.15, 0.2) is 11.5 Å². The summed E-state index contributed by atoms with van der Waals surface area (Å²) in [4.78, 5) is 0. The van der Waals surface area contributed by atoms with Gasteiger partial charge in [-0.3, -0.25) is 0 Å². The molecule has 0 amide bonds. The zero-order valence-electron chi connectivity index (χ0n) is 12.7. The zero-order chi connectivity index (χ0) is 14.4. The third-order valence-corrected chi connectivity index (χ3v) is 5.23. The fourth-order valence-electron chi connectivity index (χ4n) is 4.16. The van der Waals surface area contributed by atoms with Crippen molar-refractivity contribution >= 4 is 0 Å². The molecule has 4 nitrogen and oxygen atoms in total. The van der Waals surface area contributed by atoms with Gasteiger partial charge in [0.05, 0.1) is 6.10 Å². The highest BCUT2D eigenvalue weighted by atomic mass is 16.6. The monoisotopic (exact) mass is 289 g/mol. The Morgan fingerprint density at radius 3 is 2.81 bits per heavy atom. The number of ether oxygens (including phenoxy) is 3. The van der Waals surface area contributed by atoms with Gasteiger partial charge in [0.25, 0.3) is 0 Å². The van der Waals surface area contributed by atoms with Crippen LogP contribution in [0, 0.1) is 11.3 Å². The lowest BCUT2D eigenvalue weighted by Gasteiger charge is -2.55. The summed E-state index contributed by atoms with van der Waals surface area (Å²) in [6.45, 7) is 7.68. The SMILES string of the molecule is CC1(C)C(NCc2ccc3c(c2)OCCO3)C2CCOC21. The summed E-state index contributed by atoms with van der Waals surface area (Å²) in [5.74, 6) is 2.41. The Bertz CT molecular complexity index is 543. The molecule has 3 atom stereocenters. The van der Waals surface area contributed by atoms with Crippen LogP contribution in [0.15, 0.2) is 18.2 Å². The van der Waals surface area contributed by atoms with Crippen LogP contribution in [0.2, 0.25) is 0 Å². The lowest BCUT2D eigenvalue weighted by Crippen LogP contribution is -2.65. The molecule has 1 N–H and O–H groups in total. The molecular formula is C17H23NO3. The molecule has 4 heteroatoms. The first-order valence-corrected chi connectivity index (χ1v) is 7.90. The fourth-order valence-corrected chi connectivity index (χ4v) is 4.16. The summed E-state index contributed by atoms with van der Waals surface area (Å²) in [7, 11) is 0. The van der Waals surface area contributed by atoms with E-state index in [0.29, 0.717) is 31.3 Å². The first kappa shape index (κ1) is 13.4. The predicted molar refractivity (Wildman–Crippen MR) is 79.7 cm³/mol. The summed E-state index contributed by atoms with van der Waals surface area (Å²) in [5.41, 5.74) is 1.48. The van der Waals surface area contributed by atoms with Crippen LogP contribution < -0.4 is 14.8 Å². The van der Waals surface area contributed by atoms with E-state index in [9.17, 15) is 0 Å². The largest absolute Gasteiger partial charge is 0.486 e. The van der Waals surface area contributed by atoms with Gasteiger partial charge >= 0.3 is 0 Å². The minimum Gasteiger partial charge on any atom is -0.486 e. The Morgan fingerprint density at radius 1 is 1.14 bits per heavy atom. The Hall–Kier alpha value is -1.26. The first-order chi connectivity index (χ1) is 10.2. The Morgan fingerprint density at radius 2 is 1.95 bits per heavy atom. The molecule has 2 aliphatic heterocycles. The molecule has 114 valence electrons. The van der Waals surface area contributed by atoms with E-state index in [1.54, 1.807) is 0 Å². The third-order valence-electron chi connectivity index (χ3n) is 5.23. The van der Waals surface area contributed by atoms with Crippen molar-refractivity contribution in [3.05, 3.63) is 23.8 Å². The van der Waals surface area contributed by atoms with Gasteiger partial charge in [-0.2, -0.15) is 0 Å². The van der Waals surface area contributed by atoms with Gasteiger partial charge in [0.1, 0.15) is 13.2 Å². The molecule has 0 bridgehead atoms. The number of hydrogen-bond donors (Lipinski definition) is 1. The molecule has 1 saturated heterocycles. The highest BCUT2D eigenvalue weighted by Crippen LogP contribution is 2.52. The number of hydrogen-bond acceptors (Lipinski definition) is 4. The second kappa shape index (κ2) is 4.89. The summed E-state index contributed by atoms with van der Waals surface area (Å²) < 4.78 is 17.1. The van der Waals surface area contributed by atoms with Crippen molar-refractivity contribution in [1.82, 2.24) is 5.32 Å². The van der Waals surface area contributed by atoms with Gasteiger partial charge in [0.2, 0.25) is 0 Å². The predicted octanol–water partition coefficient (Wildman–Crippen LogP) is 2.36. The topological polar surface area (TPSA) is 39.7 Å². The van der Waals surface area contributed by atoms with Crippen molar-refractivity contribution in [3.8, 4) is 11.5 Å². The second-order valence-electron chi connectivity index (χ2n) is 6.90. The van der Waals surface area contributed by atoms with E-state index in [4.69, 9.17) is 14.2 Å². The van der Waals surface area contributed by atoms with Crippen LogP contribution in [-0.4, -0.2) is 32.0 Å². The maximum atomic E-state index is 5.85. The van der Waals surface area contributed by atoms with Crippen LogP contribution in [0.5, 0.6) is 11.5 Å². The van der Waals surface area contributed by atoms with Crippen LogP contribution in [0.25, 0.3) is 0 Å². The molecule has 4 rings (SSSR count). The zero-order valence-corrected chi connectivity index (χ0v) is 12.7. The smallest absolute Gasteiger partial charge is 0.161 e. The van der Waals surface area contributed by atoms with Gasteiger partial charge in [-0.1, -0.05) is 19.9 Å². The second-order valence-corrected chi connectivity index (χ2v) is 6.90. The van der Waals surface area contributed by atoms with Crippen LogP contribution in [0.3, 0.4) is 0 Å². The van der Waals surface area contributed by atoms with E-state index >= 15 is 0 Å². The van der Waals surface area contributed by atoms with Crippen molar-refractivity contribution in [1.29, 1.82) is 0 Å². The lowest BCUT2D eigenvalue weighted by molar-refractivity contribution is -0.113. The molecule has 2 heterocycles. The molecule has 1 aliphatic carbocycles. The fraction of sp³-hybridized carbons (Fsp3) is 0.647. The molecule has 3 unspecified atom stereocenters. The lowest BCUT2D eigenvalue weighted by atomic mass is 9.57. The van der Waals surface area contributed by atoms with E-state index in [1.807, 2.05) is 6.07 Å². The normalized spacial score (nSPS) is 32.4. The van der Waals surface area contributed by atoms with Crippen molar-refractivity contribution < 1.29 is 14.2 Å². The number of benzene rings is 1. The van der Waals surface area contributed by atoms with Crippen LogP contribution in [0.4, 0.5) is 0 Å². The van der Waals surface area contributed by atoms with Crippen LogP contribution in [-0.2, 0) is 11.3 Å². The maximum Gasteiger partial charge on any atom is 0.161 e. The Balaban J connectivity index is 1.43. The summed E-state index contributed by atoms with van der Waals surface area (Å²) in [5, 5.41) is 3.73. The Labute approximate surface area is 125 Å². The summed E-state index contributed by atoms with van der Waals surface area (Å²) in [6.07, 6.45) is 1.63. The number of rotatable bonds is 3. The van der Waals surface area contributed by atoms with Crippen molar-refractivity contribution in [3.63, 3.8) is 0 Å². The highest BCUT2D eigenvalue weighted by molar-refractivity contribution is 5.43. The van der Waals surface area contributed by atoms with E-state index in [1.165, 1.54) is 12.0 Å². The van der Waals surface area contributed by atoms with E-state index in [2.05, 4.69) is 31.3 Å². The third kappa shape index (κ3) is 2.12. The molecule has 0 spiro atoms. The molecule has 1 aromatic carbocycles. The number of nitrogens with one attached hydrogen (secondary N) is 1. The maximum absolute atomic E-state index is 5.85. The molecule has 0 radical (unpaired) electrons. The summed E-state index contributed by atoms with van der Waals surface area (Å²) in [6, 6.07) is 6.77. The standard InChI is InChI=1S/C17H23NO3/c1-17(2)15(12-5-6-21-16(12)17)18-10-11-3-4-13-14(9-11)20-8-7-19-13/h3-4,9,12,15-16,18H,5-8,10H2,1-2H3. The minimum atomic E-state index is 0.231. The molecular weight excluding hydrogens is 266 g/mol. The molecule has 21 heavy (non-hydrogen) atoms. The molecule has 0 aromatic heterocycles. The van der Waals surface area contributed by atoms with Gasteiger partial charge in [-0.05, 0) is 24.1 Å². The first-order valence-electron chi connectivity index (χ1n) is 7.90. The van der Waals surface area contributed by atoms with Crippen molar-refractivity contribution in [2.24, 2.45) is 11.3 Å². The molecule has 1 saturated carbocycles. The molecule has 1 aromatic rings. The van der Waals surface area contributed by atoms with Crippen molar-refractivity contribution in [2.45, 2.75) is 39.0 Å². The van der Waals surface area contributed by atoms with Crippen LogP contribution >= 0.6 is 0 Å². The van der Waals surface area contributed by atoms with E-state index in [-0.39, 0.29) is 5.41 Å². The van der Waals surface area contributed by atoms with Gasteiger partial charge in [-0.15, -0.1) is 0 Å². The van der Waals surface area contributed by atoms with Gasteiger partial charge < -0.3 is 19.5 Å². The number of fused-ring (bicyclic) bond motifs is 2. The summed E-state index contributed by atoms with van der Waals surface area (Å²) >= 11 is 0. The van der Waals surface area contributed by atoms with E-state index < -0.39 is 0 Å².